The Morgan fingerprint density at radius 1 is 0.950 bits per heavy atom. The molecule has 20 heavy (non-hydrogen) atoms. The first-order valence-corrected chi connectivity index (χ1v) is 8.09. The standard InChI is InChI=1S/C16H30N4/c1-5-9-14-19-15(17-10-6-2)11-16(20-14)18-12-13(7-3)8-4/h11,13H,5-10,12H2,1-4H3,(H2,17,18,19,20). The van der Waals surface area contributed by atoms with Crippen molar-refractivity contribution in [2.45, 2.75) is 59.8 Å². The maximum absolute atomic E-state index is 4.61. The zero-order valence-corrected chi connectivity index (χ0v) is 13.5. The van der Waals surface area contributed by atoms with E-state index in [0.29, 0.717) is 5.92 Å². The molecule has 114 valence electrons. The largest absolute Gasteiger partial charge is 0.370 e. The lowest BCUT2D eigenvalue weighted by Gasteiger charge is -2.15. The van der Waals surface area contributed by atoms with Crippen LogP contribution in [0.25, 0.3) is 0 Å². The van der Waals surface area contributed by atoms with E-state index in [0.717, 1.165) is 49.8 Å². The molecular formula is C16H30N4. The zero-order valence-electron chi connectivity index (χ0n) is 13.5. The Labute approximate surface area is 123 Å². The first-order valence-electron chi connectivity index (χ1n) is 8.09. The normalized spacial score (nSPS) is 10.8. The van der Waals surface area contributed by atoms with Crippen LogP contribution in [0, 0.1) is 5.92 Å². The van der Waals surface area contributed by atoms with E-state index < -0.39 is 0 Å². The molecule has 0 radical (unpaired) electrons. The Bertz CT molecular complexity index is 375. The van der Waals surface area contributed by atoms with Gasteiger partial charge in [0.05, 0.1) is 0 Å². The highest BCUT2D eigenvalue weighted by Gasteiger charge is 2.07. The number of nitrogens with zero attached hydrogens (tertiary/aromatic N) is 2. The van der Waals surface area contributed by atoms with Crippen LogP contribution in [-0.2, 0) is 6.42 Å². The molecule has 4 heteroatoms. The van der Waals surface area contributed by atoms with E-state index in [9.17, 15) is 0 Å². The van der Waals surface area contributed by atoms with Crippen LogP contribution in [0.1, 0.15) is 59.2 Å². The second kappa shape index (κ2) is 9.56. The third kappa shape index (κ3) is 5.76. The Hall–Kier alpha value is -1.32. The van der Waals surface area contributed by atoms with Crippen molar-refractivity contribution in [2.75, 3.05) is 23.7 Å². The lowest BCUT2D eigenvalue weighted by atomic mass is 10.0. The lowest BCUT2D eigenvalue weighted by Crippen LogP contribution is -2.15. The fraction of sp³-hybridized carbons (Fsp3) is 0.750. The van der Waals surface area contributed by atoms with Gasteiger partial charge in [-0.2, -0.15) is 0 Å². The molecule has 1 heterocycles. The number of aromatic nitrogens is 2. The van der Waals surface area contributed by atoms with E-state index in [4.69, 9.17) is 0 Å². The van der Waals surface area contributed by atoms with Crippen LogP contribution in [0.2, 0.25) is 0 Å². The summed E-state index contributed by atoms with van der Waals surface area (Å²) in [5.41, 5.74) is 0. The molecule has 4 nitrogen and oxygen atoms in total. The number of hydrogen-bond donors (Lipinski definition) is 2. The molecule has 0 aliphatic rings. The van der Waals surface area contributed by atoms with Crippen LogP contribution in [0.3, 0.4) is 0 Å². The van der Waals surface area contributed by atoms with E-state index in [1.165, 1.54) is 12.8 Å². The first kappa shape index (κ1) is 16.7. The number of aryl methyl sites for hydroxylation is 1. The molecule has 0 saturated carbocycles. The zero-order chi connectivity index (χ0) is 14.8. The van der Waals surface area contributed by atoms with E-state index in [1.807, 2.05) is 6.07 Å². The molecular weight excluding hydrogens is 248 g/mol. The molecule has 0 aromatic carbocycles. The minimum atomic E-state index is 0.714. The molecule has 0 saturated heterocycles. The molecule has 0 unspecified atom stereocenters. The van der Waals surface area contributed by atoms with Crippen molar-refractivity contribution in [1.82, 2.24) is 9.97 Å². The van der Waals surface area contributed by atoms with Gasteiger partial charge in [-0.05, 0) is 18.8 Å². The van der Waals surface area contributed by atoms with Gasteiger partial charge < -0.3 is 10.6 Å². The number of rotatable bonds is 10. The fourth-order valence-electron chi connectivity index (χ4n) is 2.09. The number of nitrogens with one attached hydrogen (secondary N) is 2. The molecule has 0 spiro atoms. The third-order valence-electron chi connectivity index (χ3n) is 3.53. The van der Waals surface area contributed by atoms with Crippen molar-refractivity contribution in [1.29, 1.82) is 0 Å². The highest BCUT2D eigenvalue weighted by atomic mass is 15.1. The maximum Gasteiger partial charge on any atom is 0.133 e. The molecule has 1 aromatic heterocycles. The van der Waals surface area contributed by atoms with Crippen LogP contribution in [0.4, 0.5) is 11.6 Å². The van der Waals surface area contributed by atoms with Gasteiger partial charge in [0.15, 0.2) is 0 Å². The molecule has 1 aromatic rings. The molecule has 0 bridgehead atoms. The van der Waals surface area contributed by atoms with Crippen LogP contribution in [0.5, 0.6) is 0 Å². The van der Waals surface area contributed by atoms with Gasteiger partial charge in [-0.1, -0.05) is 40.5 Å². The van der Waals surface area contributed by atoms with Crippen molar-refractivity contribution in [3.8, 4) is 0 Å². The second-order valence-electron chi connectivity index (χ2n) is 5.29. The Morgan fingerprint density at radius 2 is 1.60 bits per heavy atom. The highest BCUT2D eigenvalue weighted by molar-refractivity contribution is 5.47. The topological polar surface area (TPSA) is 49.8 Å². The van der Waals surface area contributed by atoms with Gasteiger partial charge >= 0.3 is 0 Å². The predicted molar refractivity (Wildman–Crippen MR) is 87.4 cm³/mol. The van der Waals surface area contributed by atoms with E-state index in [2.05, 4.69) is 48.3 Å². The average molecular weight is 278 g/mol. The lowest BCUT2D eigenvalue weighted by molar-refractivity contribution is 0.518. The molecule has 0 fully saturated rings. The minimum Gasteiger partial charge on any atom is -0.370 e. The molecule has 0 aliphatic heterocycles. The third-order valence-corrected chi connectivity index (χ3v) is 3.53. The quantitative estimate of drug-likeness (QED) is 0.676. The smallest absolute Gasteiger partial charge is 0.133 e. The van der Waals surface area contributed by atoms with Gasteiger partial charge in [0, 0.05) is 25.6 Å². The summed E-state index contributed by atoms with van der Waals surface area (Å²) in [6.07, 6.45) is 5.52. The summed E-state index contributed by atoms with van der Waals surface area (Å²) in [5.74, 6) is 3.54. The van der Waals surface area contributed by atoms with Crippen molar-refractivity contribution < 1.29 is 0 Å². The highest BCUT2D eigenvalue weighted by Crippen LogP contribution is 2.15. The van der Waals surface area contributed by atoms with Gasteiger partial charge in [0.1, 0.15) is 17.5 Å². The van der Waals surface area contributed by atoms with E-state index in [-0.39, 0.29) is 0 Å². The van der Waals surface area contributed by atoms with Crippen molar-refractivity contribution >= 4 is 11.6 Å². The molecule has 0 atom stereocenters. The van der Waals surface area contributed by atoms with E-state index >= 15 is 0 Å². The minimum absolute atomic E-state index is 0.714. The molecule has 2 N–H and O–H groups in total. The van der Waals surface area contributed by atoms with Crippen LogP contribution < -0.4 is 10.6 Å². The molecule has 0 aliphatic carbocycles. The molecule has 1 rings (SSSR count). The second-order valence-corrected chi connectivity index (χ2v) is 5.29. The monoisotopic (exact) mass is 278 g/mol. The molecule has 0 amide bonds. The summed E-state index contributed by atoms with van der Waals surface area (Å²) in [6, 6.07) is 2.02. The van der Waals surface area contributed by atoms with E-state index in [1.54, 1.807) is 0 Å². The Balaban J connectivity index is 2.74. The van der Waals surface area contributed by atoms with Gasteiger partial charge in [-0.25, -0.2) is 9.97 Å². The summed E-state index contributed by atoms with van der Waals surface area (Å²) in [5, 5.41) is 6.83. The summed E-state index contributed by atoms with van der Waals surface area (Å²) in [7, 11) is 0. The summed E-state index contributed by atoms with van der Waals surface area (Å²) in [6.45, 7) is 10.7. The summed E-state index contributed by atoms with van der Waals surface area (Å²) in [4.78, 5) is 9.18. The van der Waals surface area contributed by atoms with Crippen molar-refractivity contribution in [3.63, 3.8) is 0 Å². The van der Waals surface area contributed by atoms with Crippen molar-refractivity contribution in [3.05, 3.63) is 11.9 Å². The Kier molecular flexibility index (Phi) is 8.00. The average Bonchev–Trinajstić information content (AvgIpc) is 2.46. The fourth-order valence-corrected chi connectivity index (χ4v) is 2.09. The van der Waals surface area contributed by atoms with Crippen molar-refractivity contribution in [2.24, 2.45) is 5.92 Å². The van der Waals surface area contributed by atoms with Gasteiger partial charge in [0.25, 0.3) is 0 Å². The Morgan fingerprint density at radius 3 is 2.15 bits per heavy atom. The van der Waals surface area contributed by atoms with Gasteiger partial charge in [0.2, 0.25) is 0 Å². The predicted octanol–water partition coefficient (Wildman–Crippen LogP) is 4.10. The summed E-state index contributed by atoms with van der Waals surface area (Å²) < 4.78 is 0. The number of hydrogen-bond acceptors (Lipinski definition) is 4. The SMILES string of the molecule is CCCNc1cc(NCC(CC)CC)nc(CCC)n1. The van der Waals surface area contributed by atoms with Gasteiger partial charge in [-0.3, -0.25) is 0 Å². The number of anilines is 2. The van der Waals surface area contributed by atoms with Gasteiger partial charge in [-0.15, -0.1) is 0 Å². The first-order chi connectivity index (χ1) is 9.73. The van der Waals surface area contributed by atoms with Crippen LogP contribution >= 0.6 is 0 Å². The summed E-state index contributed by atoms with van der Waals surface area (Å²) >= 11 is 0. The van der Waals surface area contributed by atoms with Crippen LogP contribution in [0.15, 0.2) is 6.07 Å². The maximum atomic E-state index is 4.61. The van der Waals surface area contributed by atoms with Crippen LogP contribution in [-0.4, -0.2) is 23.1 Å².